The molecule has 5 atom stereocenters. The number of hydrogen-bond acceptors (Lipinski definition) is 11. The minimum absolute atomic E-state index is 0.102. The number of aryl methyl sites for hydroxylation is 1. The summed E-state index contributed by atoms with van der Waals surface area (Å²) in [5.41, 5.74) is 1.76. The maximum absolute atomic E-state index is 13.9. The fourth-order valence-electron chi connectivity index (χ4n) is 6.83. The molecule has 3 aromatic carbocycles. The van der Waals surface area contributed by atoms with Crippen molar-refractivity contribution in [3.8, 4) is 0 Å². The molecular formula is C40H50FNO11S. The molecule has 4 rings (SSSR count). The Bertz CT molecular complexity index is 1810. The van der Waals surface area contributed by atoms with Gasteiger partial charge in [0.05, 0.1) is 31.3 Å². The van der Waals surface area contributed by atoms with Gasteiger partial charge in [0.25, 0.3) is 0 Å². The van der Waals surface area contributed by atoms with E-state index in [0.717, 1.165) is 18.1 Å². The van der Waals surface area contributed by atoms with Gasteiger partial charge in [0.1, 0.15) is 27.9 Å². The molecule has 0 spiro atoms. The summed E-state index contributed by atoms with van der Waals surface area (Å²) in [5, 5.41) is 41.3. The third-order valence-corrected chi connectivity index (χ3v) is 10.8. The number of sulfone groups is 1. The fourth-order valence-corrected chi connectivity index (χ4v) is 7.56. The smallest absolute Gasteiger partial charge is 0.303 e. The van der Waals surface area contributed by atoms with E-state index in [0.29, 0.717) is 42.5 Å². The number of aliphatic hydroxyl groups is 4. The number of nitrogens with zero attached hydrogens (tertiary/aromatic N) is 1. The van der Waals surface area contributed by atoms with Crippen molar-refractivity contribution in [3.63, 3.8) is 0 Å². The molecule has 0 aliphatic carbocycles. The first-order valence-electron chi connectivity index (χ1n) is 18.0. The van der Waals surface area contributed by atoms with E-state index in [1.165, 1.54) is 25.3 Å². The molecule has 14 heteroatoms. The second kappa shape index (κ2) is 18.9. The highest BCUT2D eigenvalue weighted by Crippen LogP contribution is 2.47. The molecule has 1 aliphatic rings. The second-order valence-electron chi connectivity index (χ2n) is 14.1. The van der Waals surface area contributed by atoms with Gasteiger partial charge >= 0.3 is 11.9 Å². The number of anilines is 1. The number of benzene rings is 3. The average molecular weight is 772 g/mol. The van der Waals surface area contributed by atoms with Crippen molar-refractivity contribution >= 4 is 33.4 Å². The summed E-state index contributed by atoms with van der Waals surface area (Å²) < 4.78 is 47.3. The number of esters is 2. The summed E-state index contributed by atoms with van der Waals surface area (Å²) in [6.07, 6.45) is 0.154. The van der Waals surface area contributed by atoms with Crippen LogP contribution >= 0.6 is 0 Å². The quantitative estimate of drug-likeness (QED) is 0.0723. The minimum Gasteiger partial charge on any atom is -0.458 e. The number of β-lactam (4-membered cyclic amide) rings is 1. The minimum atomic E-state index is -3.04. The van der Waals surface area contributed by atoms with Crippen LogP contribution in [0.1, 0.15) is 92.9 Å². The van der Waals surface area contributed by atoms with Crippen molar-refractivity contribution in [2.24, 2.45) is 5.92 Å². The zero-order valence-electron chi connectivity index (χ0n) is 30.8. The Hall–Kier alpha value is -4.21. The Kier molecular flexibility index (Phi) is 14.9. The van der Waals surface area contributed by atoms with E-state index in [-0.39, 0.29) is 30.9 Å². The van der Waals surface area contributed by atoms with E-state index >= 15 is 0 Å². The van der Waals surface area contributed by atoms with Crippen molar-refractivity contribution in [2.45, 2.75) is 88.7 Å². The van der Waals surface area contributed by atoms with Crippen LogP contribution in [0.5, 0.6) is 0 Å². The molecule has 0 radical (unpaired) electrons. The second-order valence-corrected chi connectivity index (χ2v) is 16.3. The van der Waals surface area contributed by atoms with Gasteiger partial charge in [-0.05, 0) is 91.5 Å². The van der Waals surface area contributed by atoms with Crippen LogP contribution in [0.4, 0.5) is 10.1 Å². The number of hydrogen-bond donors (Lipinski definition) is 4. The highest BCUT2D eigenvalue weighted by molar-refractivity contribution is 7.90. The van der Waals surface area contributed by atoms with Crippen molar-refractivity contribution in [1.29, 1.82) is 0 Å². The van der Waals surface area contributed by atoms with E-state index in [4.69, 9.17) is 9.47 Å². The number of carbonyl (C=O) groups is 3. The van der Waals surface area contributed by atoms with Crippen molar-refractivity contribution in [2.75, 3.05) is 30.1 Å². The lowest BCUT2D eigenvalue weighted by atomic mass is 9.78. The van der Waals surface area contributed by atoms with Gasteiger partial charge < -0.3 is 34.8 Å². The Morgan fingerprint density at radius 1 is 0.870 bits per heavy atom. The predicted molar refractivity (Wildman–Crippen MR) is 198 cm³/mol. The zero-order chi connectivity index (χ0) is 39.6. The molecule has 1 fully saturated rings. The van der Waals surface area contributed by atoms with E-state index in [1.807, 2.05) is 24.3 Å². The normalized spacial score (nSPS) is 17.7. The van der Waals surface area contributed by atoms with Gasteiger partial charge in [-0.1, -0.05) is 48.5 Å². The number of unbranched alkanes of at least 4 members (excludes halogenated alkanes) is 1. The fraction of sp³-hybridized carbons (Fsp3) is 0.475. The lowest BCUT2D eigenvalue weighted by molar-refractivity contribution is -0.170. The van der Waals surface area contributed by atoms with Crippen molar-refractivity contribution < 1.29 is 57.1 Å². The van der Waals surface area contributed by atoms with Crippen molar-refractivity contribution in [3.05, 3.63) is 101 Å². The largest absolute Gasteiger partial charge is 0.458 e. The highest BCUT2D eigenvalue weighted by atomic mass is 32.2. The summed E-state index contributed by atoms with van der Waals surface area (Å²) in [6, 6.07) is 19.5. The molecule has 12 nitrogen and oxygen atoms in total. The molecule has 0 bridgehead atoms. The van der Waals surface area contributed by atoms with Gasteiger partial charge in [0.2, 0.25) is 5.91 Å². The third kappa shape index (κ3) is 11.4. The molecule has 54 heavy (non-hydrogen) atoms. The molecule has 1 saturated heterocycles. The van der Waals surface area contributed by atoms with Crippen LogP contribution in [0.2, 0.25) is 0 Å². The molecule has 0 aromatic heterocycles. The predicted octanol–water partition coefficient (Wildman–Crippen LogP) is 4.44. The lowest BCUT2D eigenvalue weighted by Crippen LogP contribution is -2.55. The van der Waals surface area contributed by atoms with Crippen LogP contribution in [0, 0.1) is 11.7 Å². The Morgan fingerprint density at radius 3 is 2.04 bits per heavy atom. The molecule has 3 unspecified atom stereocenters. The van der Waals surface area contributed by atoms with Gasteiger partial charge in [-0.2, -0.15) is 0 Å². The van der Waals surface area contributed by atoms with Gasteiger partial charge in [0, 0.05) is 31.5 Å². The van der Waals surface area contributed by atoms with Crippen LogP contribution in [0.25, 0.3) is 0 Å². The van der Waals surface area contributed by atoms with Crippen LogP contribution in [-0.2, 0) is 40.1 Å². The molecule has 1 amide bonds. The molecule has 294 valence electrons. The molecule has 3 aromatic rings. The third-order valence-electron chi connectivity index (χ3n) is 9.77. The van der Waals surface area contributed by atoms with Crippen LogP contribution < -0.4 is 4.90 Å². The molecule has 1 heterocycles. The average Bonchev–Trinajstić information content (AvgIpc) is 3.13. The Labute approximate surface area is 315 Å². The maximum Gasteiger partial charge on any atom is 0.303 e. The Balaban J connectivity index is 1.54. The summed E-state index contributed by atoms with van der Waals surface area (Å²) in [5.74, 6) is -2.20. The number of halogens is 1. The summed E-state index contributed by atoms with van der Waals surface area (Å²) in [4.78, 5) is 39.0. The van der Waals surface area contributed by atoms with Crippen LogP contribution in [0.15, 0.2) is 72.8 Å². The topological polar surface area (TPSA) is 188 Å². The Morgan fingerprint density at radius 2 is 1.48 bits per heavy atom. The van der Waals surface area contributed by atoms with Gasteiger partial charge in [-0.25, -0.2) is 12.8 Å². The summed E-state index contributed by atoms with van der Waals surface area (Å²) in [7, 11) is -3.04. The zero-order valence-corrected chi connectivity index (χ0v) is 31.6. The number of carbonyl (C=O) groups excluding carboxylic acids is 3. The number of amides is 1. The van der Waals surface area contributed by atoms with Crippen LogP contribution in [-0.4, -0.2) is 83.6 Å². The summed E-state index contributed by atoms with van der Waals surface area (Å²) >= 11 is 0. The number of rotatable bonds is 20. The first-order chi connectivity index (χ1) is 25.6. The van der Waals surface area contributed by atoms with Gasteiger partial charge in [-0.3, -0.25) is 14.4 Å². The van der Waals surface area contributed by atoms with E-state index in [1.54, 1.807) is 41.3 Å². The van der Waals surface area contributed by atoms with Gasteiger partial charge in [-0.15, -0.1) is 0 Å². The standard InChI is InChI=1S/C40H50FNO11S/c1-26(45)52-36(29-13-15-32(41)16-14-29)20-19-34-37(42(39(34)49)33-17-7-28(8-18-33)6-4-5-23-54(3,50)51)30-9-11-31(12-10-30)38(48)35(47)21-22-40(24-43,25-44)53-27(2)46/h7-18,34-38,43-44,47-48H,4-6,19-25H2,1-3H3/t34?,35?,36-,37+,38?/m0/s1. The van der Waals surface area contributed by atoms with E-state index in [2.05, 4.69) is 0 Å². The highest BCUT2D eigenvalue weighted by Gasteiger charge is 2.48. The SMILES string of the molecule is CC(=O)O[C@@H](CCC1C(=O)N(c2ccc(CCCCS(C)(=O)=O)cc2)[C@@H]1c1ccc(C(O)C(O)CCC(CO)(CO)OC(C)=O)cc1)c1ccc(F)cc1. The number of aliphatic hydroxyl groups excluding tert-OH is 4. The first-order valence-corrected chi connectivity index (χ1v) is 20.0. The van der Waals surface area contributed by atoms with E-state index < -0.39 is 76.7 Å². The van der Waals surface area contributed by atoms with Crippen LogP contribution in [0.3, 0.4) is 0 Å². The lowest BCUT2D eigenvalue weighted by Gasteiger charge is -2.48. The van der Waals surface area contributed by atoms with E-state index in [9.17, 15) is 47.6 Å². The molecule has 0 saturated carbocycles. The molecular weight excluding hydrogens is 722 g/mol. The number of ether oxygens (including phenoxy) is 2. The van der Waals surface area contributed by atoms with Gasteiger partial charge in [0.15, 0.2) is 5.60 Å². The molecule has 1 aliphatic heterocycles. The maximum atomic E-state index is 13.9. The summed E-state index contributed by atoms with van der Waals surface area (Å²) in [6.45, 7) is 1.09. The first kappa shape index (κ1) is 42.5. The molecule has 4 N–H and O–H groups in total. The monoisotopic (exact) mass is 771 g/mol. The van der Waals surface area contributed by atoms with Crippen molar-refractivity contribution in [1.82, 2.24) is 0 Å².